The van der Waals surface area contributed by atoms with Gasteiger partial charge in [-0.1, -0.05) is 6.42 Å². The smallest absolute Gasteiger partial charge is 0.124 e. The van der Waals surface area contributed by atoms with E-state index in [0.717, 1.165) is 37.3 Å². The van der Waals surface area contributed by atoms with Gasteiger partial charge in [0.1, 0.15) is 5.75 Å². The van der Waals surface area contributed by atoms with Crippen molar-refractivity contribution >= 4 is 5.84 Å². The Bertz CT molecular complexity index is 653. The maximum absolute atomic E-state index is 10.4. The van der Waals surface area contributed by atoms with Crippen molar-refractivity contribution in [2.24, 2.45) is 4.99 Å². The number of benzene rings is 1. The standard InChI is InChI=1S/C15H27N3O.C9H16N2/c1-16(2)9-12-7-13(10-17(3)4)15(19)14(8-12)11-18(5)6;1-2-5-9-10-6-4-8-11(9)7-3-1/h7-8,19H,9-11H2,1-6H3;1-8H2. The minimum absolute atomic E-state index is 0.435. The number of phenolic OH excluding ortho intramolecular Hbond substituents is 1. The molecule has 30 heavy (non-hydrogen) atoms. The van der Waals surface area contributed by atoms with Crippen LogP contribution < -0.4 is 0 Å². The fraction of sp³-hybridized carbons (Fsp3) is 0.708. The zero-order chi connectivity index (χ0) is 22.1. The Morgan fingerprint density at radius 2 is 1.37 bits per heavy atom. The molecule has 6 heteroatoms. The molecule has 1 fully saturated rings. The molecule has 1 aromatic rings. The molecule has 0 bridgehead atoms. The topological polar surface area (TPSA) is 45.6 Å². The first-order valence-corrected chi connectivity index (χ1v) is 11.3. The molecule has 1 aromatic carbocycles. The fourth-order valence-electron chi connectivity index (χ4n) is 4.15. The van der Waals surface area contributed by atoms with E-state index in [-0.39, 0.29) is 0 Å². The summed E-state index contributed by atoms with van der Waals surface area (Å²) in [5, 5.41) is 10.4. The molecule has 0 spiro atoms. The van der Waals surface area contributed by atoms with Gasteiger partial charge in [0.15, 0.2) is 0 Å². The van der Waals surface area contributed by atoms with E-state index >= 15 is 0 Å². The second-order valence-corrected chi connectivity index (χ2v) is 9.43. The third-order valence-electron chi connectivity index (χ3n) is 5.37. The van der Waals surface area contributed by atoms with Gasteiger partial charge in [-0.25, -0.2) is 0 Å². The molecule has 2 heterocycles. The third-order valence-corrected chi connectivity index (χ3v) is 5.37. The number of aliphatic imine (C=N–C) groups is 1. The van der Waals surface area contributed by atoms with E-state index in [1.165, 1.54) is 56.6 Å². The molecule has 0 aliphatic carbocycles. The van der Waals surface area contributed by atoms with Gasteiger partial charge in [-0.2, -0.15) is 0 Å². The lowest BCUT2D eigenvalue weighted by molar-refractivity contribution is 0.365. The number of rotatable bonds is 6. The summed E-state index contributed by atoms with van der Waals surface area (Å²) in [6.45, 7) is 6.01. The van der Waals surface area contributed by atoms with Gasteiger partial charge >= 0.3 is 0 Å². The molecule has 0 radical (unpaired) electrons. The first-order chi connectivity index (χ1) is 14.3. The summed E-state index contributed by atoms with van der Waals surface area (Å²) >= 11 is 0. The summed E-state index contributed by atoms with van der Waals surface area (Å²) in [6.07, 6.45) is 6.63. The van der Waals surface area contributed by atoms with Crippen LogP contribution in [-0.4, -0.2) is 92.5 Å². The van der Waals surface area contributed by atoms with Crippen LogP contribution in [0.3, 0.4) is 0 Å². The first-order valence-electron chi connectivity index (χ1n) is 11.3. The van der Waals surface area contributed by atoms with Crippen LogP contribution in [0.25, 0.3) is 0 Å². The zero-order valence-electron chi connectivity index (χ0n) is 20.1. The number of aromatic hydroxyl groups is 1. The summed E-state index contributed by atoms with van der Waals surface area (Å²) in [6, 6.07) is 4.21. The summed E-state index contributed by atoms with van der Waals surface area (Å²) < 4.78 is 0. The highest BCUT2D eigenvalue weighted by Gasteiger charge is 2.16. The molecule has 1 N–H and O–H groups in total. The normalized spacial score (nSPS) is 16.8. The predicted molar refractivity (Wildman–Crippen MR) is 127 cm³/mol. The van der Waals surface area contributed by atoms with Crippen LogP contribution in [0.5, 0.6) is 5.75 Å². The van der Waals surface area contributed by atoms with E-state index in [1.807, 2.05) is 28.2 Å². The average Bonchev–Trinajstić information content (AvgIpc) is 2.90. The van der Waals surface area contributed by atoms with Gasteiger partial charge in [-0.15, -0.1) is 0 Å². The van der Waals surface area contributed by atoms with Crippen molar-refractivity contribution in [2.75, 3.05) is 61.9 Å². The highest BCUT2D eigenvalue weighted by atomic mass is 16.3. The lowest BCUT2D eigenvalue weighted by atomic mass is 10.0. The van der Waals surface area contributed by atoms with Gasteiger partial charge < -0.3 is 24.7 Å². The van der Waals surface area contributed by atoms with Crippen LogP contribution in [0.2, 0.25) is 0 Å². The molecular weight excluding hydrogens is 374 g/mol. The lowest BCUT2D eigenvalue weighted by Crippen LogP contribution is -2.34. The number of hydrogen-bond donors (Lipinski definition) is 1. The minimum atomic E-state index is 0.435. The Balaban J connectivity index is 0.000000244. The van der Waals surface area contributed by atoms with Gasteiger partial charge in [0.05, 0.1) is 5.84 Å². The molecule has 0 unspecified atom stereocenters. The number of amidine groups is 1. The van der Waals surface area contributed by atoms with Crippen LogP contribution in [0, 0.1) is 0 Å². The van der Waals surface area contributed by atoms with Crippen LogP contribution in [-0.2, 0) is 19.6 Å². The Kier molecular flexibility index (Phi) is 10.1. The van der Waals surface area contributed by atoms with Crippen LogP contribution >= 0.6 is 0 Å². The first kappa shape index (κ1) is 24.6. The summed E-state index contributed by atoms with van der Waals surface area (Å²) in [5.41, 5.74) is 3.25. The maximum Gasteiger partial charge on any atom is 0.124 e. The van der Waals surface area contributed by atoms with Crippen molar-refractivity contribution in [3.63, 3.8) is 0 Å². The fourth-order valence-corrected chi connectivity index (χ4v) is 4.15. The van der Waals surface area contributed by atoms with Crippen molar-refractivity contribution in [3.05, 3.63) is 28.8 Å². The Morgan fingerprint density at radius 3 is 1.93 bits per heavy atom. The molecule has 3 rings (SSSR count). The molecule has 1 saturated heterocycles. The summed E-state index contributed by atoms with van der Waals surface area (Å²) in [5.74, 6) is 1.83. The average molecular weight is 418 g/mol. The zero-order valence-corrected chi connectivity index (χ0v) is 20.1. The Morgan fingerprint density at radius 1 is 0.800 bits per heavy atom. The Hall–Kier alpha value is -1.63. The van der Waals surface area contributed by atoms with Crippen molar-refractivity contribution < 1.29 is 5.11 Å². The molecule has 2 aliphatic heterocycles. The summed E-state index contributed by atoms with van der Waals surface area (Å²) in [4.78, 5) is 13.3. The Labute approximate surface area is 184 Å². The lowest BCUT2D eigenvalue weighted by Gasteiger charge is -2.27. The van der Waals surface area contributed by atoms with Crippen molar-refractivity contribution in [1.29, 1.82) is 0 Å². The van der Waals surface area contributed by atoms with Crippen LogP contribution in [0.4, 0.5) is 0 Å². The second-order valence-electron chi connectivity index (χ2n) is 9.43. The molecule has 0 aromatic heterocycles. The third kappa shape index (κ3) is 8.25. The molecule has 6 nitrogen and oxygen atoms in total. The van der Waals surface area contributed by atoms with Gasteiger partial charge in [0.25, 0.3) is 0 Å². The highest BCUT2D eigenvalue weighted by Crippen LogP contribution is 2.27. The molecular formula is C24H43N5O. The van der Waals surface area contributed by atoms with E-state index in [4.69, 9.17) is 0 Å². The van der Waals surface area contributed by atoms with Gasteiger partial charge in [0, 0.05) is 56.8 Å². The maximum atomic E-state index is 10.4. The molecule has 0 saturated carbocycles. The van der Waals surface area contributed by atoms with Crippen molar-refractivity contribution in [1.82, 2.24) is 19.6 Å². The number of nitrogens with zero attached hydrogens (tertiary/aromatic N) is 5. The molecule has 0 atom stereocenters. The van der Waals surface area contributed by atoms with E-state index < -0.39 is 0 Å². The molecule has 0 amide bonds. The largest absolute Gasteiger partial charge is 0.507 e. The monoisotopic (exact) mass is 417 g/mol. The van der Waals surface area contributed by atoms with Gasteiger partial charge in [-0.05, 0) is 79.2 Å². The quantitative estimate of drug-likeness (QED) is 0.770. The number of phenols is 1. The van der Waals surface area contributed by atoms with Crippen LogP contribution in [0.1, 0.15) is 48.8 Å². The minimum Gasteiger partial charge on any atom is -0.507 e. The van der Waals surface area contributed by atoms with E-state index in [2.05, 4.69) is 50.8 Å². The molecule has 170 valence electrons. The van der Waals surface area contributed by atoms with E-state index in [1.54, 1.807) is 0 Å². The van der Waals surface area contributed by atoms with Gasteiger partial charge in [0.2, 0.25) is 0 Å². The molecule has 2 aliphatic rings. The SMILES string of the molecule is C1CCC2=NCCCN2CC1.CN(C)Cc1cc(CN(C)C)c(O)c(CN(C)C)c1. The number of hydrogen-bond acceptors (Lipinski definition) is 6. The summed E-state index contributed by atoms with van der Waals surface area (Å²) in [7, 11) is 12.2. The number of fused-ring (bicyclic) bond motifs is 1. The van der Waals surface area contributed by atoms with E-state index in [9.17, 15) is 5.11 Å². The van der Waals surface area contributed by atoms with Crippen LogP contribution in [0.15, 0.2) is 17.1 Å². The highest BCUT2D eigenvalue weighted by molar-refractivity contribution is 5.83. The van der Waals surface area contributed by atoms with Crippen molar-refractivity contribution in [2.45, 2.75) is 51.7 Å². The van der Waals surface area contributed by atoms with Gasteiger partial charge in [-0.3, -0.25) is 4.99 Å². The van der Waals surface area contributed by atoms with E-state index in [0.29, 0.717) is 5.75 Å². The van der Waals surface area contributed by atoms with Crippen molar-refractivity contribution in [3.8, 4) is 5.75 Å². The second kappa shape index (κ2) is 12.3. The predicted octanol–water partition coefficient (Wildman–Crippen LogP) is 3.24.